The molecule has 1 aliphatic heterocycles. The van der Waals surface area contributed by atoms with E-state index in [2.05, 4.69) is 15.3 Å². The van der Waals surface area contributed by atoms with Gasteiger partial charge in [-0.15, -0.1) is 0 Å². The molecule has 1 saturated heterocycles. The summed E-state index contributed by atoms with van der Waals surface area (Å²) in [5, 5.41) is 2.89. The minimum absolute atomic E-state index is 0.0179. The first-order valence-corrected chi connectivity index (χ1v) is 7.93. The number of carbonyl (C=O) groups is 2. The van der Waals surface area contributed by atoms with Crippen molar-refractivity contribution in [3.8, 4) is 0 Å². The molecule has 0 saturated carbocycles. The van der Waals surface area contributed by atoms with Crippen LogP contribution in [-0.4, -0.2) is 58.9 Å². The summed E-state index contributed by atoms with van der Waals surface area (Å²) in [5.41, 5.74) is 1.73. The molecule has 0 atom stereocenters. The molecule has 8 heteroatoms. The molecule has 8 nitrogen and oxygen atoms in total. The Balaban J connectivity index is 1.61. The van der Waals surface area contributed by atoms with E-state index in [4.69, 9.17) is 0 Å². The minimum Gasteiger partial charge on any atom is -0.331 e. The summed E-state index contributed by atoms with van der Waals surface area (Å²) in [5.74, 6) is -0.165. The fraction of sp³-hybridized carbons (Fsp3) is 0.438. The van der Waals surface area contributed by atoms with Gasteiger partial charge in [-0.1, -0.05) is 0 Å². The minimum atomic E-state index is -0.272. The van der Waals surface area contributed by atoms with Crippen LogP contribution in [0, 0.1) is 5.92 Å². The number of rotatable bonds is 2. The number of carbonyl (C=O) groups excluding carboxylic acids is 2. The van der Waals surface area contributed by atoms with E-state index in [9.17, 15) is 14.4 Å². The third-order valence-electron chi connectivity index (χ3n) is 4.30. The maximum absolute atomic E-state index is 12.4. The molecule has 2 heterocycles. The normalized spacial score (nSPS) is 15.5. The van der Waals surface area contributed by atoms with Gasteiger partial charge in [0.15, 0.2) is 0 Å². The van der Waals surface area contributed by atoms with Crippen LogP contribution >= 0.6 is 0 Å². The number of benzene rings is 1. The molecule has 1 aromatic carbocycles. The molecule has 2 aromatic rings. The topological polar surface area (TPSA) is 101 Å². The Hall–Kier alpha value is -2.77. The van der Waals surface area contributed by atoms with Crippen molar-refractivity contribution >= 4 is 28.7 Å². The van der Waals surface area contributed by atoms with Crippen molar-refractivity contribution < 1.29 is 9.59 Å². The van der Waals surface area contributed by atoms with Crippen LogP contribution in [0.15, 0.2) is 23.0 Å². The van der Waals surface area contributed by atoms with Gasteiger partial charge in [-0.3, -0.25) is 4.79 Å². The average molecular weight is 331 g/mol. The fourth-order valence-electron chi connectivity index (χ4n) is 2.97. The Morgan fingerprint density at radius 1 is 1.17 bits per heavy atom. The molecule has 3 N–H and O–H groups in total. The summed E-state index contributed by atoms with van der Waals surface area (Å²) in [7, 11) is 3.45. The summed E-state index contributed by atoms with van der Waals surface area (Å²) in [6, 6.07) is 5.22. The SMILES string of the molecule is CN(C)C(=O)N1CCC(C(=O)Nc2ccc3[nH]c(=O)[nH]c3c2)CC1. The molecule has 0 spiro atoms. The van der Waals surface area contributed by atoms with E-state index >= 15 is 0 Å². The van der Waals surface area contributed by atoms with Crippen LogP contribution in [0.5, 0.6) is 0 Å². The highest BCUT2D eigenvalue weighted by molar-refractivity contribution is 5.94. The lowest BCUT2D eigenvalue weighted by atomic mass is 9.96. The highest BCUT2D eigenvalue weighted by atomic mass is 16.2. The monoisotopic (exact) mass is 331 g/mol. The van der Waals surface area contributed by atoms with Gasteiger partial charge in [-0.25, -0.2) is 9.59 Å². The van der Waals surface area contributed by atoms with Gasteiger partial charge in [-0.05, 0) is 31.0 Å². The zero-order chi connectivity index (χ0) is 17.3. The van der Waals surface area contributed by atoms with Crippen molar-refractivity contribution in [2.45, 2.75) is 12.8 Å². The summed E-state index contributed by atoms with van der Waals surface area (Å²) in [4.78, 5) is 44.2. The number of nitrogens with one attached hydrogen (secondary N) is 3. The maximum Gasteiger partial charge on any atom is 0.323 e. The van der Waals surface area contributed by atoms with Crippen molar-refractivity contribution in [3.63, 3.8) is 0 Å². The van der Waals surface area contributed by atoms with E-state index in [0.717, 1.165) is 0 Å². The van der Waals surface area contributed by atoms with Crippen molar-refractivity contribution in [2.24, 2.45) is 5.92 Å². The number of urea groups is 1. The number of piperidine rings is 1. The lowest BCUT2D eigenvalue weighted by Crippen LogP contribution is -2.45. The van der Waals surface area contributed by atoms with E-state index in [1.165, 1.54) is 0 Å². The predicted octanol–water partition coefficient (Wildman–Crippen LogP) is 1.19. The van der Waals surface area contributed by atoms with Gasteiger partial charge in [0.2, 0.25) is 5.91 Å². The summed E-state index contributed by atoms with van der Waals surface area (Å²) < 4.78 is 0. The second-order valence-electron chi connectivity index (χ2n) is 6.27. The molecule has 128 valence electrons. The van der Waals surface area contributed by atoms with Crippen molar-refractivity contribution in [1.82, 2.24) is 19.8 Å². The van der Waals surface area contributed by atoms with E-state index < -0.39 is 0 Å². The number of fused-ring (bicyclic) bond motifs is 1. The van der Waals surface area contributed by atoms with Crippen LogP contribution in [0.2, 0.25) is 0 Å². The zero-order valence-electron chi connectivity index (χ0n) is 13.8. The van der Waals surface area contributed by atoms with Crippen LogP contribution in [-0.2, 0) is 4.79 Å². The molecule has 3 rings (SSSR count). The Bertz CT molecular complexity index is 814. The highest BCUT2D eigenvalue weighted by Gasteiger charge is 2.28. The zero-order valence-corrected chi connectivity index (χ0v) is 13.8. The molecule has 1 fully saturated rings. The smallest absolute Gasteiger partial charge is 0.323 e. The van der Waals surface area contributed by atoms with Crippen LogP contribution in [0.1, 0.15) is 12.8 Å². The van der Waals surface area contributed by atoms with Gasteiger partial charge < -0.3 is 25.1 Å². The van der Waals surface area contributed by atoms with E-state index in [1.54, 1.807) is 42.1 Å². The summed E-state index contributed by atoms with van der Waals surface area (Å²) in [6.07, 6.45) is 1.29. The molecule has 0 radical (unpaired) electrons. The molecular formula is C16H21N5O3. The number of hydrogen-bond acceptors (Lipinski definition) is 3. The molecule has 0 bridgehead atoms. The summed E-state index contributed by atoms with van der Waals surface area (Å²) in [6.45, 7) is 1.17. The Morgan fingerprint density at radius 2 is 1.83 bits per heavy atom. The number of hydrogen-bond donors (Lipinski definition) is 3. The predicted molar refractivity (Wildman–Crippen MR) is 90.9 cm³/mol. The number of aromatic amines is 2. The first-order chi connectivity index (χ1) is 11.4. The first-order valence-electron chi connectivity index (χ1n) is 7.93. The third-order valence-corrected chi connectivity index (χ3v) is 4.30. The number of anilines is 1. The number of imidazole rings is 1. The molecule has 1 aromatic heterocycles. The number of aromatic nitrogens is 2. The Kier molecular flexibility index (Phi) is 4.28. The number of H-pyrrole nitrogens is 2. The van der Waals surface area contributed by atoms with Gasteiger partial charge in [-0.2, -0.15) is 0 Å². The van der Waals surface area contributed by atoms with E-state index in [0.29, 0.717) is 42.7 Å². The van der Waals surface area contributed by atoms with Crippen molar-refractivity contribution in [3.05, 3.63) is 28.7 Å². The molecule has 0 aliphatic carbocycles. The van der Waals surface area contributed by atoms with Gasteiger partial charge in [0.1, 0.15) is 0 Å². The lowest BCUT2D eigenvalue weighted by Gasteiger charge is -2.33. The molecule has 0 unspecified atom stereocenters. The first kappa shape index (κ1) is 16.1. The average Bonchev–Trinajstić information content (AvgIpc) is 2.93. The quantitative estimate of drug-likeness (QED) is 0.770. The Labute approximate surface area is 138 Å². The molecule has 3 amide bonds. The molecule has 24 heavy (non-hydrogen) atoms. The van der Waals surface area contributed by atoms with E-state index in [1.807, 2.05) is 0 Å². The lowest BCUT2D eigenvalue weighted by molar-refractivity contribution is -0.121. The highest BCUT2D eigenvalue weighted by Crippen LogP contribution is 2.21. The van der Waals surface area contributed by atoms with Crippen molar-refractivity contribution in [1.29, 1.82) is 0 Å². The van der Waals surface area contributed by atoms with E-state index in [-0.39, 0.29) is 23.5 Å². The van der Waals surface area contributed by atoms with Crippen LogP contribution < -0.4 is 11.0 Å². The maximum atomic E-state index is 12.4. The number of likely N-dealkylation sites (tertiary alicyclic amines) is 1. The van der Waals surface area contributed by atoms with Gasteiger partial charge in [0.25, 0.3) is 0 Å². The Morgan fingerprint density at radius 3 is 2.50 bits per heavy atom. The standard InChI is InChI=1S/C16H21N5O3/c1-20(2)16(24)21-7-5-10(6-8-21)14(22)17-11-3-4-12-13(9-11)19-15(23)18-12/h3-4,9-10H,5-8H2,1-2H3,(H,17,22)(H2,18,19,23). The second kappa shape index (κ2) is 6.38. The van der Waals surface area contributed by atoms with Gasteiger partial charge in [0, 0.05) is 38.8 Å². The number of nitrogens with zero attached hydrogens (tertiary/aromatic N) is 2. The van der Waals surface area contributed by atoms with Crippen LogP contribution in [0.25, 0.3) is 11.0 Å². The van der Waals surface area contributed by atoms with Crippen molar-refractivity contribution in [2.75, 3.05) is 32.5 Å². The van der Waals surface area contributed by atoms with Crippen LogP contribution in [0.4, 0.5) is 10.5 Å². The second-order valence-corrected chi connectivity index (χ2v) is 6.27. The molecule has 1 aliphatic rings. The van der Waals surface area contributed by atoms with Gasteiger partial charge >= 0.3 is 11.7 Å². The fourth-order valence-corrected chi connectivity index (χ4v) is 2.97. The van der Waals surface area contributed by atoms with Crippen LogP contribution in [0.3, 0.4) is 0 Å². The summed E-state index contributed by atoms with van der Waals surface area (Å²) >= 11 is 0. The molecular weight excluding hydrogens is 310 g/mol. The number of amides is 3. The third kappa shape index (κ3) is 3.27. The largest absolute Gasteiger partial charge is 0.331 e. The van der Waals surface area contributed by atoms with Gasteiger partial charge in [0.05, 0.1) is 11.0 Å².